The molecular weight excluding hydrogens is 524 g/mol. The van der Waals surface area contributed by atoms with Crippen LogP contribution in [0, 0.1) is 0 Å². The standard InChI is InChI=1S/C30H40N6O5/c1-19-18-40-15-14-36(19)27-23-7-8-24(20-6-9-25(39-5)21(16-20)17-37)32-26(23)33-28(34-27)31-22-10-12-35(13-11-22)29(38)41-30(2,3)4/h6-9,16,19,22,37H,10-15,17-18H2,1-5H3,(H,31,32,33,34)/t19-/m0/s1. The van der Waals surface area contributed by atoms with Gasteiger partial charge in [-0.15, -0.1) is 0 Å². The number of methoxy groups -OCH3 is 1. The van der Waals surface area contributed by atoms with E-state index in [1.807, 2.05) is 51.1 Å². The summed E-state index contributed by atoms with van der Waals surface area (Å²) in [6.07, 6.45) is 1.24. The highest BCUT2D eigenvalue weighted by atomic mass is 16.6. The van der Waals surface area contributed by atoms with Crippen LogP contribution in [0.1, 0.15) is 46.1 Å². The molecule has 2 N–H and O–H groups in total. The number of nitrogens with one attached hydrogen (secondary N) is 1. The van der Waals surface area contributed by atoms with Crippen LogP contribution in [-0.4, -0.2) is 88.7 Å². The van der Waals surface area contributed by atoms with E-state index in [4.69, 9.17) is 29.2 Å². The van der Waals surface area contributed by atoms with Crippen LogP contribution in [0.25, 0.3) is 22.3 Å². The molecular formula is C30H40N6O5. The highest BCUT2D eigenvalue weighted by Crippen LogP contribution is 2.32. The lowest BCUT2D eigenvalue weighted by Crippen LogP contribution is -2.45. The molecule has 0 radical (unpaired) electrons. The zero-order valence-corrected chi connectivity index (χ0v) is 24.5. The van der Waals surface area contributed by atoms with Gasteiger partial charge in [0.2, 0.25) is 5.95 Å². The van der Waals surface area contributed by atoms with Gasteiger partial charge in [0.1, 0.15) is 17.2 Å². The number of likely N-dealkylation sites (tertiary alicyclic amines) is 1. The van der Waals surface area contributed by atoms with E-state index in [2.05, 4.69) is 17.1 Å². The maximum atomic E-state index is 12.5. The van der Waals surface area contributed by atoms with Crippen molar-refractivity contribution in [3.63, 3.8) is 0 Å². The van der Waals surface area contributed by atoms with Gasteiger partial charge in [-0.3, -0.25) is 0 Å². The van der Waals surface area contributed by atoms with Crippen molar-refractivity contribution >= 4 is 28.9 Å². The number of carbonyl (C=O) groups is 1. The highest BCUT2D eigenvalue weighted by Gasteiger charge is 2.28. The van der Waals surface area contributed by atoms with Crippen LogP contribution in [0.3, 0.4) is 0 Å². The van der Waals surface area contributed by atoms with Gasteiger partial charge in [-0.25, -0.2) is 9.78 Å². The minimum atomic E-state index is -0.518. The van der Waals surface area contributed by atoms with Crippen molar-refractivity contribution in [2.75, 3.05) is 50.2 Å². The number of aliphatic hydroxyl groups is 1. The number of carbonyl (C=O) groups excluding carboxylic acids is 1. The van der Waals surface area contributed by atoms with Crippen molar-refractivity contribution < 1.29 is 24.1 Å². The fourth-order valence-electron chi connectivity index (χ4n) is 5.26. The van der Waals surface area contributed by atoms with Crippen molar-refractivity contribution in [1.29, 1.82) is 0 Å². The molecule has 3 aromatic rings. The highest BCUT2D eigenvalue weighted by molar-refractivity contribution is 5.90. The van der Waals surface area contributed by atoms with Gasteiger partial charge in [-0.2, -0.15) is 9.97 Å². The molecule has 41 heavy (non-hydrogen) atoms. The maximum absolute atomic E-state index is 12.5. The molecule has 2 aliphatic rings. The Morgan fingerprint density at radius 3 is 2.59 bits per heavy atom. The van der Waals surface area contributed by atoms with Gasteiger partial charge in [0.05, 0.1) is 44.1 Å². The number of aromatic nitrogens is 3. The second-order valence-electron chi connectivity index (χ2n) is 11.6. The third-order valence-electron chi connectivity index (χ3n) is 7.41. The number of hydrogen-bond donors (Lipinski definition) is 2. The van der Waals surface area contributed by atoms with Crippen LogP contribution >= 0.6 is 0 Å². The number of nitrogens with zero attached hydrogens (tertiary/aromatic N) is 5. The average Bonchev–Trinajstić information content (AvgIpc) is 2.96. The second kappa shape index (κ2) is 12.0. The molecule has 11 heteroatoms. The average molecular weight is 565 g/mol. The fraction of sp³-hybridized carbons (Fsp3) is 0.533. The summed E-state index contributed by atoms with van der Waals surface area (Å²) in [5.41, 5.74) is 2.36. The summed E-state index contributed by atoms with van der Waals surface area (Å²) in [4.78, 5) is 31.3. The fourth-order valence-corrected chi connectivity index (χ4v) is 5.26. The molecule has 1 amide bonds. The quantitative estimate of drug-likeness (QED) is 0.450. The zero-order valence-electron chi connectivity index (χ0n) is 24.5. The van der Waals surface area contributed by atoms with Gasteiger partial charge < -0.3 is 34.4 Å². The third-order valence-corrected chi connectivity index (χ3v) is 7.41. The Balaban J connectivity index is 1.43. The summed E-state index contributed by atoms with van der Waals surface area (Å²) in [7, 11) is 1.59. The van der Waals surface area contributed by atoms with Crippen LogP contribution in [0.5, 0.6) is 5.75 Å². The Morgan fingerprint density at radius 1 is 1.12 bits per heavy atom. The number of hydrogen-bond acceptors (Lipinski definition) is 10. The molecule has 0 bridgehead atoms. The SMILES string of the molecule is COc1ccc(-c2ccc3c(N4CCOC[C@@H]4C)nc(NC4CCN(C(=O)OC(C)(C)C)CC4)nc3n2)cc1CO. The van der Waals surface area contributed by atoms with Crippen molar-refractivity contribution in [1.82, 2.24) is 19.9 Å². The normalized spacial score (nSPS) is 18.4. The maximum Gasteiger partial charge on any atom is 0.410 e. The lowest BCUT2D eigenvalue weighted by atomic mass is 10.1. The summed E-state index contributed by atoms with van der Waals surface area (Å²) >= 11 is 0. The predicted octanol–water partition coefficient (Wildman–Crippen LogP) is 4.23. The van der Waals surface area contributed by atoms with Crippen molar-refractivity contribution in [2.24, 2.45) is 0 Å². The molecule has 2 aliphatic heterocycles. The topological polar surface area (TPSA) is 122 Å². The third kappa shape index (κ3) is 6.62. The van der Waals surface area contributed by atoms with Crippen LogP contribution in [0.4, 0.5) is 16.6 Å². The van der Waals surface area contributed by atoms with Crippen LogP contribution in [-0.2, 0) is 16.1 Å². The first-order valence-electron chi connectivity index (χ1n) is 14.2. The summed E-state index contributed by atoms with van der Waals surface area (Å²) in [5, 5.41) is 14.2. The van der Waals surface area contributed by atoms with E-state index in [0.717, 1.165) is 41.8 Å². The number of morpholine rings is 1. The number of aliphatic hydroxyl groups excluding tert-OH is 1. The van der Waals surface area contributed by atoms with E-state index in [0.29, 0.717) is 49.2 Å². The number of pyridine rings is 1. The van der Waals surface area contributed by atoms with Crippen molar-refractivity contribution in [3.05, 3.63) is 35.9 Å². The zero-order chi connectivity index (χ0) is 29.1. The molecule has 0 unspecified atom stereocenters. The minimum absolute atomic E-state index is 0.109. The van der Waals surface area contributed by atoms with Crippen LogP contribution < -0.4 is 15.0 Å². The summed E-state index contributed by atoms with van der Waals surface area (Å²) < 4.78 is 16.6. The largest absolute Gasteiger partial charge is 0.496 e. The second-order valence-corrected chi connectivity index (χ2v) is 11.6. The van der Waals surface area contributed by atoms with E-state index >= 15 is 0 Å². The van der Waals surface area contributed by atoms with E-state index < -0.39 is 5.60 Å². The number of piperidine rings is 1. The van der Waals surface area contributed by atoms with E-state index in [1.165, 1.54) is 0 Å². The summed E-state index contributed by atoms with van der Waals surface area (Å²) in [5.74, 6) is 1.97. The molecule has 11 nitrogen and oxygen atoms in total. The lowest BCUT2D eigenvalue weighted by molar-refractivity contribution is 0.0210. The van der Waals surface area contributed by atoms with E-state index in [-0.39, 0.29) is 24.8 Å². The Labute approximate surface area is 240 Å². The van der Waals surface area contributed by atoms with Gasteiger partial charge in [-0.1, -0.05) is 0 Å². The predicted molar refractivity (Wildman–Crippen MR) is 157 cm³/mol. The molecule has 1 aromatic carbocycles. The first-order valence-corrected chi connectivity index (χ1v) is 14.2. The minimum Gasteiger partial charge on any atom is -0.496 e. The first kappa shape index (κ1) is 28.8. The molecule has 2 saturated heterocycles. The van der Waals surface area contributed by atoms with Gasteiger partial charge >= 0.3 is 6.09 Å². The number of fused-ring (bicyclic) bond motifs is 1. The molecule has 2 aromatic heterocycles. The number of anilines is 2. The van der Waals surface area contributed by atoms with E-state index in [9.17, 15) is 9.90 Å². The molecule has 4 heterocycles. The molecule has 220 valence electrons. The number of amides is 1. The Morgan fingerprint density at radius 2 is 1.90 bits per heavy atom. The summed E-state index contributed by atoms with van der Waals surface area (Å²) in [6.45, 7) is 10.8. The number of benzene rings is 1. The van der Waals surface area contributed by atoms with Crippen molar-refractivity contribution in [2.45, 2.75) is 64.8 Å². The van der Waals surface area contributed by atoms with Gasteiger partial charge in [-0.05, 0) is 70.9 Å². The molecule has 0 saturated carbocycles. The van der Waals surface area contributed by atoms with Crippen LogP contribution in [0.2, 0.25) is 0 Å². The van der Waals surface area contributed by atoms with Gasteiger partial charge in [0, 0.05) is 36.8 Å². The smallest absolute Gasteiger partial charge is 0.410 e. The Kier molecular flexibility index (Phi) is 8.46. The van der Waals surface area contributed by atoms with Gasteiger partial charge in [0.15, 0.2) is 5.65 Å². The lowest BCUT2D eigenvalue weighted by Gasteiger charge is -2.35. The molecule has 2 fully saturated rings. The molecule has 5 rings (SSSR count). The Hall–Kier alpha value is -3.70. The summed E-state index contributed by atoms with van der Waals surface area (Å²) in [6, 6.07) is 9.89. The number of rotatable bonds is 6. The molecule has 0 aliphatic carbocycles. The van der Waals surface area contributed by atoms with Crippen molar-refractivity contribution in [3.8, 4) is 17.0 Å². The van der Waals surface area contributed by atoms with E-state index in [1.54, 1.807) is 12.0 Å². The first-order chi connectivity index (χ1) is 19.6. The monoisotopic (exact) mass is 564 g/mol. The van der Waals surface area contributed by atoms with Crippen LogP contribution in [0.15, 0.2) is 30.3 Å². The Bertz CT molecular complexity index is 1390. The molecule has 0 spiro atoms. The van der Waals surface area contributed by atoms with Gasteiger partial charge in [0.25, 0.3) is 0 Å². The number of ether oxygens (including phenoxy) is 3. The molecule has 1 atom stereocenters.